The summed E-state index contributed by atoms with van der Waals surface area (Å²) in [7, 11) is 2.45. The van der Waals surface area contributed by atoms with Crippen LogP contribution in [0.4, 0.5) is 26.3 Å². The Morgan fingerprint density at radius 2 is 0.944 bits per heavy atom. The van der Waals surface area contributed by atoms with Crippen LogP contribution in [0.2, 0.25) is 0 Å². The molecule has 0 saturated heterocycles. The number of benzene rings is 4. The van der Waals surface area contributed by atoms with Crippen molar-refractivity contribution in [2.45, 2.75) is 12.4 Å². The fourth-order valence-corrected chi connectivity index (χ4v) is 4.11. The second-order valence-electron chi connectivity index (χ2n) is 7.80. The molecule has 0 fully saturated rings. The van der Waals surface area contributed by atoms with Crippen LogP contribution in [0.1, 0.15) is 11.1 Å². The third-order valence-corrected chi connectivity index (χ3v) is 5.51. The van der Waals surface area contributed by atoms with E-state index in [2.05, 4.69) is 0 Å². The lowest BCUT2D eigenvalue weighted by Gasteiger charge is -2.24. The number of hydrogen-bond donors (Lipinski definition) is 0. The molecule has 4 rings (SSSR count). The first kappa shape index (κ1) is 25.6. The first-order valence-electron chi connectivity index (χ1n) is 10.6. The number of halogens is 6. The Labute approximate surface area is 201 Å². The normalized spacial score (nSPS) is 12.3. The second-order valence-corrected chi connectivity index (χ2v) is 7.80. The van der Waals surface area contributed by atoms with Gasteiger partial charge in [-0.25, -0.2) is 0 Å². The minimum atomic E-state index is -4.88. The lowest BCUT2D eigenvalue weighted by Crippen LogP contribution is -2.14. The van der Waals surface area contributed by atoms with E-state index in [4.69, 9.17) is 18.9 Å². The Morgan fingerprint density at radius 3 is 1.28 bits per heavy atom. The zero-order valence-electron chi connectivity index (χ0n) is 19.1. The van der Waals surface area contributed by atoms with Crippen molar-refractivity contribution in [3.05, 3.63) is 71.8 Å². The molecule has 4 aromatic carbocycles. The minimum absolute atomic E-state index is 0.156. The smallest absolute Gasteiger partial charge is 0.420 e. The summed E-state index contributed by atoms with van der Waals surface area (Å²) in [5.74, 6) is -1.34. The van der Waals surface area contributed by atoms with Crippen molar-refractivity contribution < 1.29 is 45.3 Å². The van der Waals surface area contributed by atoms with Crippen LogP contribution in [-0.4, -0.2) is 27.8 Å². The van der Waals surface area contributed by atoms with Crippen LogP contribution in [0.25, 0.3) is 32.7 Å². The molecule has 0 unspecified atom stereocenters. The zero-order valence-corrected chi connectivity index (χ0v) is 19.1. The predicted octanol–water partition coefficient (Wildman–Crippen LogP) is 7.66. The van der Waals surface area contributed by atoms with Crippen molar-refractivity contribution in [2.75, 3.05) is 27.8 Å². The Balaban J connectivity index is 2.28. The van der Waals surface area contributed by atoms with Crippen molar-refractivity contribution in [1.82, 2.24) is 0 Å². The molecule has 10 heteroatoms. The molecule has 36 heavy (non-hydrogen) atoms. The van der Waals surface area contributed by atoms with Crippen LogP contribution in [0.15, 0.2) is 60.7 Å². The number of ether oxygens (including phenoxy) is 4. The Bertz CT molecular complexity index is 1290. The summed E-state index contributed by atoms with van der Waals surface area (Å²) < 4.78 is 106. The highest BCUT2D eigenvalue weighted by Gasteiger charge is 2.40. The van der Waals surface area contributed by atoms with E-state index in [0.717, 1.165) is 12.1 Å². The van der Waals surface area contributed by atoms with E-state index in [0.29, 0.717) is 0 Å². The fraction of sp³-hybridized carbons (Fsp3) is 0.231. The SMILES string of the molecule is COCOc1c(C(F)(F)F)cc2ccccc2c1-c1c(OCOC)c(C(F)(F)F)cc2ccccc12. The quantitative estimate of drug-likeness (QED) is 0.189. The number of alkyl halides is 6. The van der Waals surface area contributed by atoms with E-state index in [1.165, 1.54) is 50.6 Å². The van der Waals surface area contributed by atoms with Crippen molar-refractivity contribution in [3.8, 4) is 22.6 Å². The van der Waals surface area contributed by atoms with Gasteiger partial charge < -0.3 is 18.9 Å². The van der Waals surface area contributed by atoms with E-state index in [1.54, 1.807) is 12.1 Å². The van der Waals surface area contributed by atoms with Crippen LogP contribution < -0.4 is 9.47 Å². The Morgan fingerprint density at radius 1 is 0.583 bits per heavy atom. The van der Waals surface area contributed by atoms with Gasteiger partial charge in [-0.15, -0.1) is 0 Å². The van der Waals surface area contributed by atoms with Crippen LogP contribution in [0, 0.1) is 0 Å². The highest BCUT2D eigenvalue weighted by atomic mass is 19.4. The van der Waals surface area contributed by atoms with Gasteiger partial charge in [0, 0.05) is 25.3 Å². The summed E-state index contributed by atoms with van der Waals surface area (Å²) in [6.45, 7) is -1.14. The maximum atomic E-state index is 14.2. The highest BCUT2D eigenvalue weighted by molar-refractivity contribution is 6.11. The standard InChI is InChI=1S/C26H20F6O4/c1-33-13-35-23-19(25(27,28)29)11-15-7-3-5-9-17(15)21(23)22-18-10-6-4-8-16(18)12-20(26(30,31)32)24(22)36-14-34-2/h3-12H,13-14H2,1-2H3. The van der Waals surface area contributed by atoms with Crippen molar-refractivity contribution in [1.29, 1.82) is 0 Å². The van der Waals surface area contributed by atoms with Gasteiger partial charge in [-0.3, -0.25) is 0 Å². The molecule has 190 valence electrons. The molecule has 4 aromatic rings. The maximum Gasteiger partial charge on any atom is 0.420 e. The summed E-state index contributed by atoms with van der Waals surface area (Å²) in [4.78, 5) is 0. The van der Waals surface area contributed by atoms with Crippen LogP contribution >= 0.6 is 0 Å². The molecule has 0 atom stereocenters. The maximum absolute atomic E-state index is 14.2. The van der Waals surface area contributed by atoms with E-state index < -0.39 is 48.6 Å². The number of fused-ring (bicyclic) bond motifs is 2. The average molecular weight is 510 g/mol. The fourth-order valence-electron chi connectivity index (χ4n) is 4.11. The number of rotatable bonds is 7. The average Bonchev–Trinajstić information content (AvgIpc) is 2.83. The van der Waals surface area contributed by atoms with Gasteiger partial charge in [-0.1, -0.05) is 48.5 Å². The molecule has 0 radical (unpaired) electrons. The molecule has 0 saturated carbocycles. The Hall–Kier alpha value is -3.50. The summed E-state index contributed by atoms with van der Waals surface area (Å²) in [5.41, 5.74) is -2.73. The summed E-state index contributed by atoms with van der Waals surface area (Å²) >= 11 is 0. The van der Waals surface area contributed by atoms with Gasteiger partial charge >= 0.3 is 12.4 Å². The number of hydrogen-bond acceptors (Lipinski definition) is 4. The summed E-state index contributed by atoms with van der Waals surface area (Å²) in [5, 5.41) is 0.791. The molecule has 0 aliphatic carbocycles. The lowest BCUT2D eigenvalue weighted by molar-refractivity contribution is -0.140. The number of methoxy groups -OCH3 is 2. The van der Waals surface area contributed by atoms with Gasteiger partial charge in [-0.2, -0.15) is 26.3 Å². The van der Waals surface area contributed by atoms with E-state index >= 15 is 0 Å². The first-order valence-corrected chi connectivity index (χ1v) is 10.6. The molecule has 4 nitrogen and oxygen atoms in total. The Kier molecular flexibility index (Phi) is 7.01. The summed E-state index contributed by atoms with van der Waals surface area (Å²) in [6, 6.07) is 13.9. The van der Waals surface area contributed by atoms with Gasteiger partial charge in [0.2, 0.25) is 0 Å². The molecule has 0 aromatic heterocycles. The molecule has 0 aliphatic heterocycles. The molecule has 0 amide bonds. The predicted molar refractivity (Wildman–Crippen MR) is 122 cm³/mol. The van der Waals surface area contributed by atoms with Crippen LogP contribution in [-0.2, 0) is 21.8 Å². The highest BCUT2D eigenvalue weighted by Crippen LogP contribution is 2.53. The minimum Gasteiger partial charge on any atom is -0.466 e. The molecule has 0 bridgehead atoms. The van der Waals surface area contributed by atoms with Gasteiger partial charge in [-0.05, 0) is 33.7 Å². The van der Waals surface area contributed by atoms with Crippen LogP contribution in [0.5, 0.6) is 11.5 Å². The van der Waals surface area contributed by atoms with E-state index in [-0.39, 0.29) is 32.7 Å². The van der Waals surface area contributed by atoms with Gasteiger partial charge in [0.1, 0.15) is 11.5 Å². The third kappa shape index (κ3) is 4.78. The van der Waals surface area contributed by atoms with E-state index in [9.17, 15) is 26.3 Å². The van der Waals surface area contributed by atoms with Crippen molar-refractivity contribution in [2.24, 2.45) is 0 Å². The zero-order chi connectivity index (χ0) is 26.1. The lowest BCUT2D eigenvalue weighted by atomic mass is 9.88. The molecule has 0 aliphatic rings. The largest absolute Gasteiger partial charge is 0.466 e. The van der Waals surface area contributed by atoms with E-state index in [1.807, 2.05) is 0 Å². The molecular formula is C26H20F6O4. The monoisotopic (exact) mass is 510 g/mol. The molecular weight excluding hydrogens is 490 g/mol. The molecule has 0 spiro atoms. The van der Waals surface area contributed by atoms with Gasteiger partial charge in [0.25, 0.3) is 0 Å². The topological polar surface area (TPSA) is 36.9 Å². The molecule has 0 heterocycles. The van der Waals surface area contributed by atoms with Gasteiger partial charge in [0.15, 0.2) is 13.6 Å². The first-order chi connectivity index (χ1) is 17.1. The summed E-state index contributed by atoms with van der Waals surface area (Å²) in [6.07, 6.45) is -9.76. The van der Waals surface area contributed by atoms with Crippen LogP contribution in [0.3, 0.4) is 0 Å². The van der Waals surface area contributed by atoms with Crippen molar-refractivity contribution in [3.63, 3.8) is 0 Å². The second kappa shape index (κ2) is 9.87. The van der Waals surface area contributed by atoms with Crippen molar-refractivity contribution >= 4 is 21.5 Å². The molecule has 0 N–H and O–H groups in total. The van der Waals surface area contributed by atoms with Gasteiger partial charge in [0.05, 0.1) is 11.1 Å². The third-order valence-electron chi connectivity index (χ3n) is 5.51.